The van der Waals surface area contributed by atoms with Gasteiger partial charge in [0.1, 0.15) is 5.75 Å². The minimum atomic E-state index is -0.0735. The summed E-state index contributed by atoms with van der Waals surface area (Å²) in [5.74, 6) is 1.06. The van der Waals surface area contributed by atoms with Gasteiger partial charge in [0.05, 0.1) is 16.9 Å². The van der Waals surface area contributed by atoms with Crippen molar-refractivity contribution in [3.63, 3.8) is 0 Å². The molecule has 5 heteroatoms. The van der Waals surface area contributed by atoms with Gasteiger partial charge in [-0.15, -0.1) is 0 Å². The molecule has 0 aromatic carbocycles. The molecule has 2 heterocycles. The number of hydrogen-bond donors (Lipinski definition) is 1. The van der Waals surface area contributed by atoms with E-state index in [0.717, 1.165) is 11.3 Å². The molecule has 4 nitrogen and oxygen atoms in total. The highest BCUT2D eigenvalue weighted by molar-refractivity contribution is 6.30. The molecule has 106 valence electrons. The van der Waals surface area contributed by atoms with Crippen molar-refractivity contribution in [3.05, 3.63) is 46.9 Å². The summed E-state index contributed by atoms with van der Waals surface area (Å²) in [4.78, 5) is 8.51. The van der Waals surface area contributed by atoms with Crippen molar-refractivity contribution in [2.45, 2.75) is 32.7 Å². The van der Waals surface area contributed by atoms with E-state index in [-0.39, 0.29) is 5.41 Å². The summed E-state index contributed by atoms with van der Waals surface area (Å²) in [6.07, 6.45) is 3.15. The second-order valence-electron chi connectivity index (χ2n) is 5.59. The van der Waals surface area contributed by atoms with Crippen LogP contribution in [0.4, 0.5) is 0 Å². The first-order valence-corrected chi connectivity index (χ1v) is 6.76. The Labute approximate surface area is 124 Å². The Bertz CT molecular complexity index is 608. The van der Waals surface area contributed by atoms with Crippen LogP contribution in [0, 0.1) is 0 Å². The van der Waals surface area contributed by atoms with Crippen LogP contribution in [-0.4, -0.2) is 9.97 Å². The van der Waals surface area contributed by atoms with Gasteiger partial charge in [-0.1, -0.05) is 32.4 Å². The molecule has 0 atom stereocenters. The number of aromatic nitrogens is 2. The molecule has 0 aliphatic heterocycles. The minimum Gasteiger partial charge on any atom is -0.437 e. The van der Waals surface area contributed by atoms with Crippen LogP contribution in [0.15, 0.2) is 30.6 Å². The fourth-order valence-electron chi connectivity index (χ4n) is 1.68. The van der Waals surface area contributed by atoms with Gasteiger partial charge >= 0.3 is 0 Å². The van der Waals surface area contributed by atoms with Crippen molar-refractivity contribution in [3.8, 4) is 11.6 Å². The van der Waals surface area contributed by atoms with Gasteiger partial charge in [0.2, 0.25) is 5.88 Å². The molecule has 2 N–H and O–H groups in total. The Morgan fingerprint density at radius 2 is 1.95 bits per heavy atom. The molecular weight excluding hydrogens is 274 g/mol. The van der Waals surface area contributed by atoms with E-state index in [1.807, 2.05) is 12.1 Å². The van der Waals surface area contributed by atoms with E-state index in [0.29, 0.717) is 23.2 Å². The van der Waals surface area contributed by atoms with Gasteiger partial charge < -0.3 is 10.5 Å². The smallest absolute Gasteiger partial charge is 0.219 e. The number of ether oxygens (including phenoxy) is 1. The summed E-state index contributed by atoms with van der Waals surface area (Å²) < 4.78 is 5.72. The third-order valence-corrected chi connectivity index (χ3v) is 2.97. The maximum atomic E-state index is 5.89. The van der Waals surface area contributed by atoms with Gasteiger partial charge in [-0.2, -0.15) is 0 Å². The van der Waals surface area contributed by atoms with Gasteiger partial charge in [0.15, 0.2) is 0 Å². The van der Waals surface area contributed by atoms with Crippen LogP contribution in [0.5, 0.6) is 11.6 Å². The Kier molecular flexibility index (Phi) is 4.26. The van der Waals surface area contributed by atoms with Crippen LogP contribution in [0.1, 0.15) is 32.0 Å². The lowest BCUT2D eigenvalue weighted by Crippen LogP contribution is -2.15. The third kappa shape index (κ3) is 3.68. The summed E-state index contributed by atoms with van der Waals surface area (Å²) in [6.45, 7) is 6.73. The maximum Gasteiger partial charge on any atom is 0.219 e. The second kappa shape index (κ2) is 5.77. The van der Waals surface area contributed by atoms with Crippen LogP contribution in [0.2, 0.25) is 5.02 Å². The highest BCUT2D eigenvalue weighted by atomic mass is 35.5. The van der Waals surface area contributed by atoms with Gasteiger partial charge in [0, 0.05) is 30.3 Å². The van der Waals surface area contributed by atoms with E-state index < -0.39 is 0 Å². The zero-order chi connectivity index (χ0) is 14.8. The molecule has 0 saturated carbocycles. The molecule has 0 saturated heterocycles. The van der Waals surface area contributed by atoms with Crippen LogP contribution in [0.25, 0.3) is 0 Å². The van der Waals surface area contributed by atoms with Crippen molar-refractivity contribution in [2.75, 3.05) is 0 Å². The van der Waals surface area contributed by atoms with E-state index in [1.165, 1.54) is 0 Å². The largest absolute Gasteiger partial charge is 0.437 e. The van der Waals surface area contributed by atoms with Crippen LogP contribution < -0.4 is 10.5 Å². The highest BCUT2D eigenvalue weighted by Crippen LogP contribution is 2.27. The lowest BCUT2D eigenvalue weighted by molar-refractivity contribution is 0.449. The van der Waals surface area contributed by atoms with Crippen LogP contribution in [0.3, 0.4) is 0 Å². The lowest BCUT2D eigenvalue weighted by atomic mass is 9.91. The average Bonchev–Trinajstić information content (AvgIpc) is 2.37. The number of halogens is 1. The summed E-state index contributed by atoms with van der Waals surface area (Å²) in [7, 11) is 0. The van der Waals surface area contributed by atoms with E-state index >= 15 is 0 Å². The fourth-order valence-corrected chi connectivity index (χ4v) is 1.85. The summed E-state index contributed by atoms with van der Waals surface area (Å²) >= 11 is 5.89. The van der Waals surface area contributed by atoms with Crippen LogP contribution in [-0.2, 0) is 12.0 Å². The molecule has 0 unspecified atom stereocenters. The first-order valence-electron chi connectivity index (χ1n) is 6.38. The molecule has 0 radical (unpaired) electrons. The highest BCUT2D eigenvalue weighted by Gasteiger charge is 2.17. The molecule has 20 heavy (non-hydrogen) atoms. The summed E-state index contributed by atoms with van der Waals surface area (Å²) in [6, 6.07) is 5.53. The van der Waals surface area contributed by atoms with E-state index in [2.05, 4.69) is 30.7 Å². The van der Waals surface area contributed by atoms with Gasteiger partial charge in [0.25, 0.3) is 0 Å². The topological polar surface area (TPSA) is 61.0 Å². The number of nitrogens with zero attached hydrogens (tertiary/aromatic N) is 2. The first-order chi connectivity index (χ1) is 9.38. The van der Waals surface area contributed by atoms with Crippen molar-refractivity contribution in [1.82, 2.24) is 9.97 Å². The molecule has 0 amide bonds. The predicted octanol–water partition coefficient (Wildman–Crippen LogP) is 3.68. The number of pyridine rings is 2. The quantitative estimate of drug-likeness (QED) is 0.937. The van der Waals surface area contributed by atoms with E-state index in [1.54, 1.807) is 18.5 Å². The fraction of sp³-hybridized carbons (Fsp3) is 0.333. The Hall–Kier alpha value is -1.65. The molecule has 0 aliphatic carbocycles. The van der Waals surface area contributed by atoms with E-state index in [9.17, 15) is 0 Å². The number of hydrogen-bond acceptors (Lipinski definition) is 4. The van der Waals surface area contributed by atoms with Gasteiger partial charge in [-0.25, -0.2) is 4.98 Å². The van der Waals surface area contributed by atoms with Crippen molar-refractivity contribution in [2.24, 2.45) is 5.73 Å². The van der Waals surface area contributed by atoms with Gasteiger partial charge in [-0.3, -0.25) is 4.98 Å². The summed E-state index contributed by atoms with van der Waals surface area (Å²) in [5.41, 5.74) is 7.58. The van der Waals surface area contributed by atoms with Crippen LogP contribution >= 0.6 is 11.6 Å². The SMILES string of the molecule is CC(C)(C)c1cc(CN)cc(Oc2cncc(Cl)c2)n1. The number of nitrogens with two attached hydrogens (primary N) is 1. The molecule has 0 fully saturated rings. The average molecular weight is 292 g/mol. The molecule has 2 aromatic heterocycles. The monoisotopic (exact) mass is 291 g/mol. The standard InChI is InChI=1S/C15H18ClN3O/c1-15(2,3)13-4-10(7-17)5-14(19-13)20-12-6-11(16)8-18-9-12/h4-6,8-9H,7,17H2,1-3H3. The summed E-state index contributed by atoms with van der Waals surface area (Å²) in [5, 5.41) is 0.522. The normalized spacial score (nSPS) is 11.4. The van der Waals surface area contributed by atoms with Crippen molar-refractivity contribution in [1.29, 1.82) is 0 Å². The Morgan fingerprint density at radius 1 is 1.20 bits per heavy atom. The van der Waals surface area contributed by atoms with Crippen molar-refractivity contribution < 1.29 is 4.74 Å². The Balaban J connectivity index is 2.36. The number of rotatable bonds is 3. The molecule has 0 bridgehead atoms. The van der Waals surface area contributed by atoms with Gasteiger partial charge in [-0.05, 0) is 11.6 Å². The third-order valence-electron chi connectivity index (χ3n) is 2.77. The molecule has 0 aliphatic rings. The van der Waals surface area contributed by atoms with Crippen molar-refractivity contribution >= 4 is 11.6 Å². The van der Waals surface area contributed by atoms with E-state index in [4.69, 9.17) is 22.1 Å². The molecule has 2 aromatic rings. The molecular formula is C15H18ClN3O. The molecule has 0 spiro atoms. The predicted molar refractivity (Wildman–Crippen MR) is 80.1 cm³/mol. The second-order valence-corrected chi connectivity index (χ2v) is 6.03. The minimum absolute atomic E-state index is 0.0735. The lowest BCUT2D eigenvalue weighted by Gasteiger charge is -2.19. The zero-order valence-corrected chi connectivity index (χ0v) is 12.6. The zero-order valence-electron chi connectivity index (χ0n) is 11.9. The Morgan fingerprint density at radius 3 is 2.55 bits per heavy atom. The first kappa shape index (κ1) is 14.8. The maximum absolute atomic E-state index is 5.89. The molecule has 2 rings (SSSR count).